The van der Waals surface area contributed by atoms with Gasteiger partial charge in [-0.25, -0.2) is 0 Å². The summed E-state index contributed by atoms with van der Waals surface area (Å²) in [6.07, 6.45) is 4.92. The van der Waals surface area contributed by atoms with Crippen LogP contribution in [-0.4, -0.2) is 30.9 Å². The molecule has 6 heteroatoms. The van der Waals surface area contributed by atoms with Gasteiger partial charge in [0.2, 0.25) is 0 Å². The summed E-state index contributed by atoms with van der Waals surface area (Å²) in [5.41, 5.74) is 0.844. The van der Waals surface area contributed by atoms with E-state index in [1.165, 1.54) is 0 Å². The molecule has 0 spiro atoms. The molecule has 122 valence electrons. The van der Waals surface area contributed by atoms with E-state index in [-0.39, 0.29) is 36.8 Å². The molecule has 1 N–H and O–H groups in total. The highest BCUT2D eigenvalue weighted by atomic mass is 16.5. The molecule has 1 heterocycles. The SMILES string of the molecule is O=C1COc2ccc(C(=O)COC(=O)C3CCCCC3)cc2N1. The zero-order valence-corrected chi connectivity index (χ0v) is 12.8. The van der Waals surface area contributed by atoms with Crippen LogP contribution in [0.3, 0.4) is 0 Å². The highest BCUT2D eigenvalue weighted by Gasteiger charge is 2.24. The van der Waals surface area contributed by atoms with Gasteiger partial charge in [-0.3, -0.25) is 14.4 Å². The minimum atomic E-state index is -0.295. The molecule has 0 atom stereocenters. The summed E-state index contributed by atoms with van der Waals surface area (Å²) in [5, 5.41) is 2.65. The molecule has 0 aromatic heterocycles. The molecule has 1 fully saturated rings. The van der Waals surface area contributed by atoms with E-state index < -0.39 is 0 Å². The lowest BCUT2D eigenvalue weighted by Gasteiger charge is -2.20. The summed E-state index contributed by atoms with van der Waals surface area (Å²) in [4.78, 5) is 35.4. The normalized spacial score (nSPS) is 17.7. The Morgan fingerprint density at radius 1 is 1.22 bits per heavy atom. The van der Waals surface area contributed by atoms with E-state index in [4.69, 9.17) is 9.47 Å². The van der Waals surface area contributed by atoms with Gasteiger partial charge in [0.1, 0.15) is 5.75 Å². The van der Waals surface area contributed by atoms with E-state index in [9.17, 15) is 14.4 Å². The third-order valence-electron chi connectivity index (χ3n) is 4.22. The number of carbonyl (C=O) groups is 3. The Kier molecular flexibility index (Phi) is 4.60. The van der Waals surface area contributed by atoms with E-state index in [0.717, 1.165) is 32.1 Å². The minimum absolute atomic E-state index is 0.0285. The summed E-state index contributed by atoms with van der Waals surface area (Å²) >= 11 is 0. The monoisotopic (exact) mass is 317 g/mol. The fraction of sp³-hybridized carbons (Fsp3) is 0.471. The van der Waals surface area contributed by atoms with Crippen molar-refractivity contribution in [3.63, 3.8) is 0 Å². The molecule has 1 aliphatic heterocycles. The van der Waals surface area contributed by atoms with Gasteiger partial charge in [-0.2, -0.15) is 0 Å². The summed E-state index contributed by atoms with van der Waals surface area (Å²) in [7, 11) is 0. The topological polar surface area (TPSA) is 81.7 Å². The fourth-order valence-corrected chi connectivity index (χ4v) is 2.93. The molecule has 23 heavy (non-hydrogen) atoms. The van der Waals surface area contributed by atoms with Crippen LogP contribution in [0.2, 0.25) is 0 Å². The fourth-order valence-electron chi connectivity index (χ4n) is 2.93. The molecule has 1 aromatic carbocycles. The number of amides is 1. The number of nitrogens with one attached hydrogen (secondary N) is 1. The maximum Gasteiger partial charge on any atom is 0.309 e. The number of esters is 1. The standard InChI is InChI=1S/C17H19NO5/c19-14(9-23-17(21)11-4-2-1-3-5-11)12-6-7-15-13(8-12)18-16(20)10-22-15/h6-8,11H,1-5,9-10H2,(H,18,20). The predicted molar refractivity (Wildman–Crippen MR) is 82.4 cm³/mol. The van der Waals surface area contributed by atoms with Crippen molar-refractivity contribution >= 4 is 23.3 Å². The largest absolute Gasteiger partial charge is 0.482 e. The number of anilines is 1. The van der Waals surface area contributed by atoms with Crippen molar-refractivity contribution in [2.75, 3.05) is 18.5 Å². The van der Waals surface area contributed by atoms with Crippen LogP contribution in [0.25, 0.3) is 0 Å². The maximum atomic E-state index is 12.2. The number of hydrogen-bond acceptors (Lipinski definition) is 5. The van der Waals surface area contributed by atoms with Gasteiger partial charge < -0.3 is 14.8 Å². The Labute approximate surface area is 134 Å². The van der Waals surface area contributed by atoms with Crippen LogP contribution in [0, 0.1) is 5.92 Å². The number of ether oxygens (including phenoxy) is 2. The molecule has 0 saturated heterocycles. The Hall–Kier alpha value is -2.37. The first-order chi connectivity index (χ1) is 11.1. The van der Waals surface area contributed by atoms with Crippen LogP contribution in [0.5, 0.6) is 5.75 Å². The van der Waals surface area contributed by atoms with E-state index in [0.29, 0.717) is 17.0 Å². The van der Waals surface area contributed by atoms with E-state index >= 15 is 0 Å². The Balaban J connectivity index is 1.59. The molecule has 3 rings (SSSR count). The molecule has 2 aliphatic rings. The van der Waals surface area contributed by atoms with Gasteiger partial charge in [0.05, 0.1) is 11.6 Å². The molecule has 0 radical (unpaired) electrons. The minimum Gasteiger partial charge on any atom is -0.482 e. The zero-order valence-electron chi connectivity index (χ0n) is 12.8. The lowest BCUT2D eigenvalue weighted by atomic mass is 9.89. The number of Topliss-reactive ketones (excluding diaryl/α,β-unsaturated/α-hetero) is 1. The quantitative estimate of drug-likeness (QED) is 0.681. The Morgan fingerprint density at radius 2 is 2.00 bits per heavy atom. The summed E-state index contributed by atoms with van der Waals surface area (Å²) < 4.78 is 10.4. The van der Waals surface area contributed by atoms with Crippen molar-refractivity contribution in [1.82, 2.24) is 0 Å². The average molecular weight is 317 g/mol. The first-order valence-corrected chi connectivity index (χ1v) is 7.90. The number of fused-ring (bicyclic) bond motifs is 1. The number of rotatable bonds is 4. The van der Waals surface area contributed by atoms with Gasteiger partial charge >= 0.3 is 5.97 Å². The second-order valence-corrected chi connectivity index (χ2v) is 5.91. The van der Waals surface area contributed by atoms with Gasteiger partial charge in [0.25, 0.3) is 5.91 Å². The van der Waals surface area contributed by atoms with Gasteiger partial charge in [-0.1, -0.05) is 19.3 Å². The summed E-state index contributed by atoms with van der Waals surface area (Å²) in [6.45, 7) is -0.303. The Morgan fingerprint density at radius 3 is 2.78 bits per heavy atom. The van der Waals surface area contributed by atoms with Crippen molar-refractivity contribution < 1.29 is 23.9 Å². The first kappa shape index (κ1) is 15.5. The number of benzene rings is 1. The van der Waals surface area contributed by atoms with Crippen LogP contribution < -0.4 is 10.1 Å². The summed E-state index contributed by atoms with van der Waals surface area (Å²) in [5.74, 6) is -0.386. The van der Waals surface area contributed by atoms with Crippen LogP contribution in [-0.2, 0) is 14.3 Å². The maximum absolute atomic E-state index is 12.2. The average Bonchev–Trinajstić information content (AvgIpc) is 2.59. The van der Waals surface area contributed by atoms with Gasteiger partial charge in [0, 0.05) is 5.56 Å². The lowest BCUT2D eigenvalue weighted by Crippen LogP contribution is -2.26. The molecular weight excluding hydrogens is 298 g/mol. The van der Waals surface area contributed by atoms with E-state index in [1.54, 1.807) is 18.2 Å². The highest BCUT2D eigenvalue weighted by molar-refractivity contribution is 6.01. The smallest absolute Gasteiger partial charge is 0.309 e. The van der Waals surface area contributed by atoms with Gasteiger partial charge in [0.15, 0.2) is 19.0 Å². The third kappa shape index (κ3) is 3.70. The summed E-state index contributed by atoms with van der Waals surface area (Å²) in [6, 6.07) is 4.78. The van der Waals surface area contributed by atoms with Crippen LogP contribution >= 0.6 is 0 Å². The lowest BCUT2D eigenvalue weighted by molar-refractivity contribution is -0.148. The molecule has 0 bridgehead atoms. The van der Waals surface area contributed by atoms with Crippen molar-refractivity contribution in [2.45, 2.75) is 32.1 Å². The molecule has 1 saturated carbocycles. The molecule has 1 aromatic rings. The Bertz CT molecular complexity index is 634. The van der Waals surface area contributed by atoms with Gasteiger partial charge in [-0.05, 0) is 31.0 Å². The second kappa shape index (κ2) is 6.81. The number of hydrogen-bond donors (Lipinski definition) is 1. The van der Waals surface area contributed by atoms with Gasteiger partial charge in [-0.15, -0.1) is 0 Å². The third-order valence-corrected chi connectivity index (χ3v) is 4.22. The molecule has 1 aliphatic carbocycles. The van der Waals surface area contributed by atoms with E-state index in [1.807, 2.05) is 0 Å². The van der Waals surface area contributed by atoms with E-state index in [2.05, 4.69) is 5.32 Å². The van der Waals surface area contributed by atoms with Crippen molar-refractivity contribution in [3.05, 3.63) is 23.8 Å². The van der Waals surface area contributed by atoms with Crippen LogP contribution in [0.4, 0.5) is 5.69 Å². The first-order valence-electron chi connectivity index (χ1n) is 7.90. The highest BCUT2D eigenvalue weighted by Crippen LogP contribution is 2.29. The molecule has 0 unspecified atom stereocenters. The number of carbonyl (C=O) groups excluding carboxylic acids is 3. The van der Waals surface area contributed by atoms with Crippen LogP contribution in [0.1, 0.15) is 42.5 Å². The molecular formula is C17H19NO5. The van der Waals surface area contributed by atoms with Crippen molar-refractivity contribution in [3.8, 4) is 5.75 Å². The van der Waals surface area contributed by atoms with Crippen molar-refractivity contribution in [2.24, 2.45) is 5.92 Å². The molecule has 6 nitrogen and oxygen atoms in total. The second-order valence-electron chi connectivity index (χ2n) is 5.91. The van der Waals surface area contributed by atoms with Crippen LogP contribution in [0.15, 0.2) is 18.2 Å². The van der Waals surface area contributed by atoms with Crippen molar-refractivity contribution in [1.29, 1.82) is 0 Å². The zero-order chi connectivity index (χ0) is 16.2. The predicted octanol–water partition coefficient (Wildman–Crippen LogP) is 2.32. The number of ketones is 1. The molecule has 1 amide bonds.